The minimum Gasteiger partial charge on any atom is -0.354 e. The van der Waals surface area contributed by atoms with E-state index in [9.17, 15) is 13.6 Å². The molecule has 150 valence electrons. The van der Waals surface area contributed by atoms with Crippen molar-refractivity contribution in [2.45, 2.75) is 39.0 Å². The van der Waals surface area contributed by atoms with E-state index < -0.39 is 11.3 Å². The number of aromatic nitrogens is 4. The zero-order chi connectivity index (χ0) is 19.9. The van der Waals surface area contributed by atoms with Crippen molar-refractivity contribution in [3.63, 3.8) is 0 Å². The summed E-state index contributed by atoms with van der Waals surface area (Å²) < 4.78 is 34.9. The molecule has 2 aliphatic rings. The minimum atomic E-state index is -2.85. The van der Waals surface area contributed by atoms with Gasteiger partial charge in [0.15, 0.2) is 11.6 Å². The van der Waals surface area contributed by atoms with E-state index >= 15 is 0 Å². The van der Waals surface area contributed by atoms with Gasteiger partial charge in [-0.1, -0.05) is 5.16 Å². The molecule has 2 fully saturated rings. The van der Waals surface area contributed by atoms with Gasteiger partial charge >= 0.3 is 0 Å². The smallest absolute Gasteiger partial charge is 0.258 e. The Balaban J connectivity index is 1.50. The average molecular weight is 392 g/mol. The van der Waals surface area contributed by atoms with Gasteiger partial charge in [-0.25, -0.2) is 8.78 Å². The van der Waals surface area contributed by atoms with Crippen molar-refractivity contribution in [2.24, 2.45) is 5.41 Å². The molecule has 1 spiro atoms. The van der Waals surface area contributed by atoms with Crippen LogP contribution in [0.25, 0.3) is 0 Å². The van der Waals surface area contributed by atoms with Crippen molar-refractivity contribution in [2.75, 3.05) is 31.1 Å². The van der Waals surface area contributed by atoms with Gasteiger partial charge in [-0.05, 0) is 32.4 Å². The van der Waals surface area contributed by atoms with Crippen molar-refractivity contribution >= 4 is 11.7 Å². The van der Waals surface area contributed by atoms with Gasteiger partial charge in [-0.3, -0.25) is 4.79 Å². The lowest BCUT2D eigenvalue weighted by molar-refractivity contribution is -0.168. The maximum Gasteiger partial charge on any atom is 0.258 e. The van der Waals surface area contributed by atoms with Crippen LogP contribution in [0.1, 0.15) is 30.3 Å². The highest BCUT2D eigenvalue weighted by Crippen LogP contribution is 2.50. The largest absolute Gasteiger partial charge is 0.354 e. The molecular formula is C18H22F2N6O2. The Bertz CT molecular complexity index is 871. The van der Waals surface area contributed by atoms with E-state index in [4.69, 9.17) is 4.52 Å². The first-order valence-electron chi connectivity index (χ1n) is 9.28. The van der Waals surface area contributed by atoms with Crippen LogP contribution in [0.15, 0.2) is 16.7 Å². The van der Waals surface area contributed by atoms with Gasteiger partial charge in [-0.2, -0.15) is 10.1 Å². The van der Waals surface area contributed by atoms with Gasteiger partial charge in [0.2, 0.25) is 11.8 Å². The van der Waals surface area contributed by atoms with E-state index in [1.54, 1.807) is 13.0 Å². The molecule has 0 aromatic carbocycles. The summed E-state index contributed by atoms with van der Waals surface area (Å²) in [5, 5.41) is 11.8. The van der Waals surface area contributed by atoms with Crippen LogP contribution in [0.2, 0.25) is 0 Å². The monoisotopic (exact) mass is 392 g/mol. The van der Waals surface area contributed by atoms with Crippen LogP contribution >= 0.6 is 0 Å². The molecule has 1 amide bonds. The Labute approximate surface area is 160 Å². The lowest BCUT2D eigenvalue weighted by atomic mass is 9.75. The first kappa shape index (κ1) is 18.7. The van der Waals surface area contributed by atoms with Gasteiger partial charge in [0, 0.05) is 32.6 Å². The molecule has 0 N–H and O–H groups in total. The van der Waals surface area contributed by atoms with Gasteiger partial charge in [-0.15, -0.1) is 5.10 Å². The molecule has 0 radical (unpaired) electrons. The van der Waals surface area contributed by atoms with Gasteiger partial charge < -0.3 is 14.3 Å². The zero-order valence-corrected chi connectivity index (χ0v) is 15.9. The van der Waals surface area contributed by atoms with Crippen molar-refractivity contribution < 1.29 is 18.1 Å². The highest BCUT2D eigenvalue weighted by atomic mass is 19.3. The second kappa shape index (κ2) is 6.75. The molecule has 0 unspecified atom stereocenters. The molecule has 2 aromatic rings. The molecule has 8 nitrogen and oxygen atoms in total. The van der Waals surface area contributed by atoms with Gasteiger partial charge in [0.25, 0.3) is 5.92 Å². The molecule has 2 saturated heterocycles. The summed E-state index contributed by atoms with van der Waals surface area (Å²) in [6, 6.07) is 3.61. The van der Waals surface area contributed by atoms with Crippen molar-refractivity contribution in [1.29, 1.82) is 0 Å². The topological polar surface area (TPSA) is 88.2 Å². The highest BCUT2D eigenvalue weighted by Gasteiger charge is 2.60. The Morgan fingerprint density at radius 2 is 2.00 bits per heavy atom. The minimum absolute atomic E-state index is 0.00173. The molecule has 0 saturated carbocycles. The molecule has 2 aliphatic heterocycles. The summed E-state index contributed by atoms with van der Waals surface area (Å²) in [5.74, 6) is -1.89. The lowest BCUT2D eigenvalue weighted by Gasteiger charge is -2.45. The SMILES string of the molecule is Cc1ccc(N2CC[C@@]3(CN(C(=O)Cc4nc(C)no4)CCC3(F)F)C2)nn1. The van der Waals surface area contributed by atoms with Crippen molar-refractivity contribution in [3.8, 4) is 0 Å². The van der Waals surface area contributed by atoms with Crippen LogP contribution in [-0.2, 0) is 11.2 Å². The van der Waals surface area contributed by atoms with Crippen LogP contribution in [0.3, 0.4) is 0 Å². The first-order chi connectivity index (χ1) is 13.3. The number of halogens is 2. The Hall–Kier alpha value is -2.65. The number of nitrogens with zero attached hydrogens (tertiary/aromatic N) is 6. The zero-order valence-electron chi connectivity index (χ0n) is 15.9. The normalized spacial score (nSPS) is 24.1. The number of likely N-dealkylation sites (tertiary alicyclic amines) is 1. The van der Waals surface area contributed by atoms with Crippen molar-refractivity contribution in [3.05, 3.63) is 29.5 Å². The lowest BCUT2D eigenvalue weighted by Crippen LogP contribution is -2.58. The standard InChI is InChI=1S/C18H22F2N6O2/c1-12-3-4-14(23-22-12)25-7-5-17(10-25)11-26(8-6-18(17,19)20)16(27)9-15-21-13(2)24-28-15/h3-4H,5-11H2,1-2H3/t17-/m0/s1. The predicted octanol–water partition coefficient (Wildman–Crippen LogP) is 1.78. The Morgan fingerprint density at radius 3 is 2.68 bits per heavy atom. The van der Waals surface area contributed by atoms with Crippen LogP contribution in [-0.4, -0.2) is 63.2 Å². The number of hydrogen-bond acceptors (Lipinski definition) is 7. The van der Waals surface area contributed by atoms with E-state index in [2.05, 4.69) is 20.3 Å². The fourth-order valence-corrected chi connectivity index (χ4v) is 4.02. The van der Waals surface area contributed by atoms with Crippen LogP contribution in [0.4, 0.5) is 14.6 Å². The fourth-order valence-electron chi connectivity index (χ4n) is 4.02. The van der Waals surface area contributed by atoms with E-state index in [1.165, 1.54) is 4.90 Å². The molecule has 0 aliphatic carbocycles. The number of piperidine rings is 1. The molecule has 0 bridgehead atoms. The summed E-state index contributed by atoms with van der Waals surface area (Å²) in [4.78, 5) is 20.0. The molecule has 1 atom stereocenters. The number of hydrogen-bond donors (Lipinski definition) is 0. The number of amides is 1. The molecule has 4 rings (SSSR count). The summed E-state index contributed by atoms with van der Waals surface area (Å²) in [5.41, 5.74) is -0.521. The van der Waals surface area contributed by atoms with Crippen LogP contribution in [0, 0.1) is 19.3 Å². The quantitative estimate of drug-likeness (QED) is 0.787. The summed E-state index contributed by atoms with van der Waals surface area (Å²) in [6.45, 7) is 4.10. The summed E-state index contributed by atoms with van der Waals surface area (Å²) in [6.07, 6.45) is -0.135. The summed E-state index contributed by atoms with van der Waals surface area (Å²) >= 11 is 0. The van der Waals surface area contributed by atoms with Crippen LogP contribution < -0.4 is 4.90 Å². The highest BCUT2D eigenvalue weighted by molar-refractivity contribution is 5.78. The number of carbonyl (C=O) groups excluding carboxylic acids is 1. The third kappa shape index (κ3) is 3.31. The van der Waals surface area contributed by atoms with E-state index in [0.717, 1.165) is 5.69 Å². The molecule has 10 heteroatoms. The second-order valence-electron chi connectivity index (χ2n) is 7.67. The molecule has 28 heavy (non-hydrogen) atoms. The maximum absolute atomic E-state index is 14.9. The second-order valence-corrected chi connectivity index (χ2v) is 7.67. The third-order valence-electron chi connectivity index (χ3n) is 5.65. The van der Waals surface area contributed by atoms with E-state index in [-0.39, 0.29) is 44.3 Å². The van der Waals surface area contributed by atoms with E-state index in [0.29, 0.717) is 24.6 Å². The number of anilines is 1. The summed E-state index contributed by atoms with van der Waals surface area (Å²) in [7, 11) is 0. The van der Waals surface area contributed by atoms with E-state index in [1.807, 2.05) is 17.9 Å². The Morgan fingerprint density at radius 1 is 1.18 bits per heavy atom. The van der Waals surface area contributed by atoms with Gasteiger partial charge in [0.05, 0.1) is 11.1 Å². The molecular weight excluding hydrogens is 370 g/mol. The number of carbonyl (C=O) groups is 1. The first-order valence-corrected chi connectivity index (χ1v) is 9.28. The van der Waals surface area contributed by atoms with Gasteiger partial charge in [0.1, 0.15) is 6.42 Å². The molecule has 4 heterocycles. The number of aryl methyl sites for hydroxylation is 2. The number of alkyl halides is 2. The van der Waals surface area contributed by atoms with Crippen LogP contribution in [0.5, 0.6) is 0 Å². The fraction of sp³-hybridized carbons (Fsp3) is 0.611. The maximum atomic E-state index is 14.9. The predicted molar refractivity (Wildman–Crippen MR) is 94.9 cm³/mol. The average Bonchev–Trinajstić information content (AvgIpc) is 3.26. The van der Waals surface area contributed by atoms with Crippen molar-refractivity contribution in [1.82, 2.24) is 25.2 Å². The number of rotatable bonds is 3. The third-order valence-corrected chi connectivity index (χ3v) is 5.65. The molecule has 2 aromatic heterocycles. The Kier molecular flexibility index (Phi) is 4.51.